The summed E-state index contributed by atoms with van der Waals surface area (Å²) in [7, 11) is 1.54. The Labute approximate surface area is 90.4 Å². The van der Waals surface area contributed by atoms with Crippen molar-refractivity contribution in [2.45, 2.75) is 39.7 Å². The molecule has 0 aliphatic heterocycles. The van der Waals surface area contributed by atoms with Gasteiger partial charge in [-0.05, 0) is 33.1 Å². The van der Waals surface area contributed by atoms with Gasteiger partial charge in [-0.2, -0.15) is 0 Å². The lowest BCUT2D eigenvalue weighted by atomic mass is 10.0. The minimum atomic E-state index is -0.929. The molecule has 2 atom stereocenters. The first kappa shape index (κ1) is 12.0. The number of amides is 1. The van der Waals surface area contributed by atoms with E-state index in [4.69, 9.17) is 4.74 Å². The molecule has 0 radical (unpaired) electrons. The largest absolute Gasteiger partial charge is 0.459 e. The monoisotopic (exact) mass is 213 g/mol. The predicted molar refractivity (Wildman–Crippen MR) is 56.1 cm³/mol. The number of hydrogen-bond donors (Lipinski definition) is 1. The van der Waals surface area contributed by atoms with Gasteiger partial charge < -0.3 is 10.1 Å². The van der Waals surface area contributed by atoms with Crippen molar-refractivity contribution in [1.82, 2.24) is 5.32 Å². The van der Waals surface area contributed by atoms with Crippen molar-refractivity contribution in [3.63, 3.8) is 0 Å². The van der Waals surface area contributed by atoms with E-state index in [-0.39, 0.29) is 11.8 Å². The van der Waals surface area contributed by atoms with E-state index >= 15 is 0 Å². The molecule has 0 spiro atoms. The fraction of sp³-hybridized carbons (Fsp3) is 0.818. The fourth-order valence-electron chi connectivity index (χ4n) is 1.71. The summed E-state index contributed by atoms with van der Waals surface area (Å²) in [5.74, 6) is -0.557. The number of nitrogens with one attached hydrogen (secondary N) is 1. The normalized spacial score (nSPS) is 29.5. The summed E-state index contributed by atoms with van der Waals surface area (Å²) >= 11 is 0. The second-order valence-electron chi connectivity index (χ2n) is 5.16. The molecular weight excluding hydrogens is 194 g/mol. The van der Waals surface area contributed by atoms with Crippen LogP contribution in [0.2, 0.25) is 0 Å². The lowest BCUT2D eigenvalue weighted by molar-refractivity contribution is -0.165. The third kappa shape index (κ3) is 2.13. The molecule has 1 N–H and O–H groups in total. The molecule has 1 rings (SSSR count). The van der Waals surface area contributed by atoms with E-state index < -0.39 is 17.0 Å². The number of ether oxygens (including phenoxy) is 1. The Bertz CT molecular complexity index is 293. The Kier molecular flexibility index (Phi) is 2.81. The summed E-state index contributed by atoms with van der Waals surface area (Å²) in [5, 5.41) is 2.53. The molecule has 1 aliphatic carbocycles. The number of carbonyl (C=O) groups is 2. The molecule has 0 saturated heterocycles. The standard InChI is InChI=1S/C11H19NO3/c1-7-6-11(7,8(13)12-5)9(14)15-10(2,3)4/h7H,6H2,1-5H3,(H,12,13). The Morgan fingerprint density at radius 2 is 1.87 bits per heavy atom. The van der Waals surface area contributed by atoms with Gasteiger partial charge in [-0.3, -0.25) is 9.59 Å². The first-order chi connectivity index (χ1) is 6.74. The van der Waals surface area contributed by atoms with E-state index in [0.29, 0.717) is 6.42 Å². The van der Waals surface area contributed by atoms with Crippen LogP contribution in [-0.2, 0) is 14.3 Å². The Hall–Kier alpha value is -1.06. The summed E-state index contributed by atoms with van der Waals surface area (Å²) in [6.45, 7) is 7.29. The summed E-state index contributed by atoms with van der Waals surface area (Å²) in [5.41, 5.74) is -1.47. The van der Waals surface area contributed by atoms with Crippen molar-refractivity contribution >= 4 is 11.9 Å². The van der Waals surface area contributed by atoms with Gasteiger partial charge in [0.25, 0.3) is 0 Å². The third-order valence-electron chi connectivity index (χ3n) is 2.70. The minimum Gasteiger partial charge on any atom is -0.459 e. The summed E-state index contributed by atoms with van der Waals surface area (Å²) in [6, 6.07) is 0. The molecule has 2 unspecified atom stereocenters. The van der Waals surface area contributed by atoms with E-state index in [1.165, 1.54) is 0 Å². The number of esters is 1. The van der Waals surface area contributed by atoms with Crippen LogP contribution in [-0.4, -0.2) is 24.5 Å². The van der Waals surface area contributed by atoms with Gasteiger partial charge >= 0.3 is 5.97 Å². The minimum absolute atomic E-state index is 0.0762. The average molecular weight is 213 g/mol. The second-order valence-corrected chi connectivity index (χ2v) is 5.16. The van der Waals surface area contributed by atoms with Gasteiger partial charge in [-0.15, -0.1) is 0 Å². The molecule has 1 aliphatic rings. The number of rotatable bonds is 2. The van der Waals surface area contributed by atoms with Crippen LogP contribution < -0.4 is 5.32 Å². The van der Waals surface area contributed by atoms with E-state index in [2.05, 4.69) is 5.32 Å². The van der Waals surface area contributed by atoms with Crippen LogP contribution in [0.25, 0.3) is 0 Å². The summed E-state index contributed by atoms with van der Waals surface area (Å²) in [4.78, 5) is 23.5. The van der Waals surface area contributed by atoms with Crippen LogP contribution in [0.4, 0.5) is 0 Å². The highest BCUT2D eigenvalue weighted by molar-refractivity contribution is 6.06. The molecule has 0 aromatic rings. The van der Waals surface area contributed by atoms with Gasteiger partial charge in [0.05, 0.1) is 0 Å². The molecule has 15 heavy (non-hydrogen) atoms. The molecule has 1 amide bonds. The molecule has 86 valence electrons. The zero-order chi connectivity index (χ0) is 11.9. The smallest absolute Gasteiger partial charge is 0.322 e. The molecule has 0 bridgehead atoms. The van der Waals surface area contributed by atoms with Crippen LogP contribution in [0.3, 0.4) is 0 Å². The highest BCUT2D eigenvalue weighted by Gasteiger charge is 2.64. The Morgan fingerprint density at radius 1 is 1.40 bits per heavy atom. The van der Waals surface area contributed by atoms with Gasteiger partial charge in [0.1, 0.15) is 11.0 Å². The molecule has 4 nitrogen and oxygen atoms in total. The van der Waals surface area contributed by atoms with Crippen LogP contribution in [0.15, 0.2) is 0 Å². The lowest BCUT2D eigenvalue weighted by Gasteiger charge is -2.23. The van der Waals surface area contributed by atoms with Gasteiger partial charge in [0.15, 0.2) is 0 Å². The Balaban J connectivity index is 2.77. The zero-order valence-corrected chi connectivity index (χ0v) is 10.0. The van der Waals surface area contributed by atoms with Gasteiger partial charge in [-0.25, -0.2) is 0 Å². The van der Waals surface area contributed by atoms with E-state index in [9.17, 15) is 9.59 Å². The number of hydrogen-bond acceptors (Lipinski definition) is 3. The molecule has 1 saturated carbocycles. The van der Waals surface area contributed by atoms with Crippen molar-refractivity contribution in [1.29, 1.82) is 0 Å². The van der Waals surface area contributed by atoms with Gasteiger partial charge in [-0.1, -0.05) is 6.92 Å². The van der Waals surface area contributed by atoms with Crippen molar-refractivity contribution < 1.29 is 14.3 Å². The van der Waals surface area contributed by atoms with Gasteiger partial charge in [0.2, 0.25) is 5.91 Å². The summed E-state index contributed by atoms with van der Waals surface area (Å²) < 4.78 is 5.26. The fourth-order valence-corrected chi connectivity index (χ4v) is 1.71. The molecule has 4 heteroatoms. The maximum Gasteiger partial charge on any atom is 0.322 e. The SMILES string of the molecule is CNC(=O)C1(C(=O)OC(C)(C)C)CC1C. The van der Waals surface area contributed by atoms with Crippen molar-refractivity contribution in [3.05, 3.63) is 0 Å². The van der Waals surface area contributed by atoms with Crippen LogP contribution in [0, 0.1) is 11.3 Å². The maximum absolute atomic E-state index is 11.9. The molecule has 0 aromatic heterocycles. The van der Waals surface area contributed by atoms with Crippen molar-refractivity contribution in [2.24, 2.45) is 11.3 Å². The first-order valence-corrected chi connectivity index (χ1v) is 5.19. The number of carbonyl (C=O) groups excluding carboxylic acids is 2. The second kappa shape index (κ2) is 3.51. The maximum atomic E-state index is 11.9. The van der Waals surface area contributed by atoms with E-state index in [1.54, 1.807) is 27.8 Å². The third-order valence-corrected chi connectivity index (χ3v) is 2.70. The zero-order valence-electron chi connectivity index (χ0n) is 10.0. The van der Waals surface area contributed by atoms with Crippen LogP contribution >= 0.6 is 0 Å². The summed E-state index contributed by atoms with van der Waals surface area (Å²) in [6.07, 6.45) is 0.585. The Morgan fingerprint density at radius 3 is 2.13 bits per heavy atom. The highest BCUT2D eigenvalue weighted by Crippen LogP contribution is 2.53. The molecular formula is C11H19NO3. The van der Waals surface area contributed by atoms with Crippen molar-refractivity contribution in [2.75, 3.05) is 7.05 Å². The molecule has 0 heterocycles. The first-order valence-electron chi connectivity index (χ1n) is 5.19. The predicted octanol–water partition coefficient (Wildman–Crippen LogP) is 1.10. The lowest BCUT2D eigenvalue weighted by Crippen LogP contribution is -2.40. The van der Waals surface area contributed by atoms with Gasteiger partial charge in [0, 0.05) is 7.05 Å². The molecule has 1 fully saturated rings. The van der Waals surface area contributed by atoms with E-state index in [0.717, 1.165) is 0 Å². The quantitative estimate of drug-likeness (QED) is 0.552. The van der Waals surface area contributed by atoms with Crippen LogP contribution in [0.1, 0.15) is 34.1 Å². The van der Waals surface area contributed by atoms with Crippen molar-refractivity contribution in [3.8, 4) is 0 Å². The molecule has 0 aromatic carbocycles. The van der Waals surface area contributed by atoms with E-state index in [1.807, 2.05) is 6.92 Å². The topological polar surface area (TPSA) is 55.4 Å². The highest BCUT2D eigenvalue weighted by atomic mass is 16.6. The average Bonchev–Trinajstić information content (AvgIpc) is 2.74. The van der Waals surface area contributed by atoms with Crippen LogP contribution in [0.5, 0.6) is 0 Å².